The van der Waals surface area contributed by atoms with Crippen LogP contribution in [0.5, 0.6) is 0 Å². The van der Waals surface area contributed by atoms with E-state index in [1.807, 2.05) is 0 Å². The molecular formula is C41H74NO8P. The molecule has 0 saturated carbocycles. The molecule has 0 aliphatic carbocycles. The molecule has 2 atom stereocenters. The molecule has 10 heteroatoms. The number of phosphoric acid groups is 1. The summed E-state index contributed by atoms with van der Waals surface area (Å²) in [7, 11) is -4.39. The van der Waals surface area contributed by atoms with Crippen LogP contribution in [-0.2, 0) is 32.7 Å². The summed E-state index contributed by atoms with van der Waals surface area (Å²) in [5, 5.41) is 0. The maximum Gasteiger partial charge on any atom is 0.472 e. The van der Waals surface area contributed by atoms with Crippen LogP contribution in [0.25, 0.3) is 0 Å². The Labute approximate surface area is 311 Å². The minimum Gasteiger partial charge on any atom is -0.462 e. The molecule has 3 N–H and O–H groups in total. The predicted octanol–water partition coefficient (Wildman–Crippen LogP) is 11.2. The highest BCUT2D eigenvalue weighted by molar-refractivity contribution is 7.47. The standard InChI is InChI=1S/C41H74NO8P/c1-3-5-7-9-11-13-15-17-18-19-20-22-23-25-27-29-31-33-40(43)47-37-39(38-49-51(45,46)48-36-35-42)50-41(44)34-32-30-28-26-24-21-16-14-12-10-8-6-4-2/h17-18,20-22,24-25,27,39H,3-16,19,23,26,28-38,42H2,1-2H3,(H,45,46)/b18-17+,22-20+,24-21+,27-25+/t39-/m1/s1. The first-order valence-electron chi connectivity index (χ1n) is 20.1. The van der Waals surface area contributed by atoms with Crippen LogP contribution in [0.3, 0.4) is 0 Å². The molecular weight excluding hydrogens is 665 g/mol. The normalized spacial score (nSPS) is 13.9. The van der Waals surface area contributed by atoms with Crippen LogP contribution >= 0.6 is 7.82 Å². The zero-order chi connectivity index (χ0) is 37.5. The molecule has 0 saturated heterocycles. The Balaban J connectivity index is 4.31. The van der Waals surface area contributed by atoms with Crippen LogP contribution in [0.15, 0.2) is 48.6 Å². The van der Waals surface area contributed by atoms with E-state index in [1.165, 1.54) is 77.0 Å². The molecule has 9 nitrogen and oxygen atoms in total. The van der Waals surface area contributed by atoms with Gasteiger partial charge in [-0.05, 0) is 70.6 Å². The van der Waals surface area contributed by atoms with Crippen molar-refractivity contribution >= 4 is 19.8 Å². The van der Waals surface area contributed by atoms with Crippen molar-refractivity contribution in [3.8, 4) is 0 Å². The molecule has 0 spiro atoms. The summed E-state index contributed by atoms with van der Waals surface area (Å²) in [6.07, 6.45) is 41.5. The first-order chi connectivity index (χ1) is 24.8. The van der Waals surface area contributed by atoms with Gasteiger partial charge < -0.3 is 20.1 Å². The van der Waals surface area contributed by atoms with Crippen molar-refractivity contribution in [3.63, 3.8) is 0 Å². The molecule has 0 aromatic rings. The highest BCUT2D eigenvalue weighted by Crippen LogP contribution is 2.43. The molecule has 0 aliphatic heterocycles. The predicted molar refractivity (Wildman–Crippen MR) is 210 cm³/mol. The smallest absolute Gasteiger partial charge is 0.462 e. The van der Waals surface area contributed by atoms with Gasteiger partial charge in [0.25, 0.3) is 0 Å². The third kappa shape index (κ3) is 37.5. The summed E-state index contributed by atoms with van der Waals surface area (Å²) in [5.74, 6) is -0.912. The number of unbranched alkanes of at least 4 members (excludes halogenated alkanes) is 16. The molecule has 51 heavy (non-hydrogen) atoms. The number of rotatable bonds is 37. The van der Waals surface area contributed by atoms with E-state index in [2.05, 4.69) is 62.5 Å². The van der Waals surface area contributed by atoms with Gasteiger partial charge in [0.1, 0.15) is 6.61 Å². The Morgan fingerprint density at radius 2 is 1.04 bits per heavy atom. The molecule has 1 unspecified atom stereocenters. The van der Waals surface area contributed by atoms with Gasteiger partial charge in [-0.1, -0.05) is 133 Å². The number of hydrogen-bond acceptors (Lipinski definition) is 8. The Morgan fingerprint density at radius 3 is 1.59 bits per heavy atom. The average Bonchev–Trinajstić information content (AvgIpc) is 3.11. The summed E-state index contributed by atoms with van der Waals surface area (Å²) in [4.78, 5) is 34.7. The summed E-state index contributed by atoms with van der Waals surface area (Å²) in [6.45, 7) is 3.63. The summed E-state index contributed by atoms with van der Waals surface area (Å²) >= 11 is 0. The third-order valence-corrected chi connectivity index (χ3v) is 9.17. The van der Waals surface area contributed by atoms with E-state index in [0.29, 0.717) is 12.8 Å². The zero-order valence-corrected chi connectivity index (χ0v) is 33.2. The van der Waals surface area contributed by atoms with Gasteiger partial charge in [-0.15, -0.1) is 0 Å². The van der Waals surface area contributed by atoms with Crippen molar-refractivity contribution < 1.29 is 37.6 Å². The topological polar surface area (TPSA) is 134 Å². The molecule has 0 heterocycles. The Bertz CT molecular complexity index is 981. The van der Waals surface area contributed by atoms with E-state index in [9.17, 15) is 19.0 Å². The van der Waals surface area contributed by atoms with Crippen molar-refractivity contribution in [3.05, 3.63) is 48.6 Å². The van der Waals surface area contributed by atoms with E-state index in [4.69, 9.17) is 24.3 Å². The maximum atomic E-state index is 12.5. The van der Waals surface area contributed by atoms with E-state index < -0.39 is 32.5 Å². The second kappa shape index (κ2) is 37.7. The van der Waals surface area contributed by atoms with Crippen molar-refractivity contribution in [2.75, 3.05) is 26.4 Å². The van der Waals surface area contributed by atoms with Crippen LogP contribution in [0, 0.1) is 0 Å². The van der Waals surface area contributed by atoms with Crippen molar-refractivity contribution in [2.24, 2.45) is 5.73 Å². The number of esters is 2. The van der Waals surface area contributed by atoms with Crippen molar-refractivity contribution in [1.29, 1.82) is 0 Å². The van der Waals surface area contributed by atoms with Gasteiger partial charge >= 0.3 is 19.8 Å². The largest absolute Gasteiger partial charge is 0.472 e. The van der Waals surface area contributed by atoms with Crippen LogP contribution in [-0.4, -0.2) is 49.3 Å². The maximum absolute atomic E-state index is 12.5. The van der Waals surface area contributed by atoms with Gasteiger partial charge in [0, 0.05) is 19.4 Å². The second-order valence-electron chi connectivity index (χ2n) is 13.1. The summed E-state index contributed by atoms with van der Waals surface area (Å²) < 4.78 is 32.6. The lowest BCUT2D eigenvalue weighted by molar-refractivity contribution is -0.161. The molecule has 0 aliphatic rings. The number of hydrogen-bond donors (Lipinski definition) is 2. The first kappa shape index (κ1) is 49.0. The molecule has 0 bridgehead atoms. The molecule has 0 amide bonds. The van der Waals surface area contributed by atoms with E-state index in [-0.39, 0.29) is 32.6 Å². The van der Waals surface area contributed by atoms with Gasteiger partial charge in [0.2, 0.25) is 0 Å². The fourth-order valence-corrected chi connectivity index (χ4v) is 5.94. The highest BCUT2D eigenvalue weighted by Gasteiger charge is 2.25. The van der Waals surface area contributed by atoms with Crippen LogP contribution < -0.4 is 5.73 Å². The Morgan fingerprint density at radius 1 is 0.588 bits per heavy atom. The van der Waals surface area contributed by atoms with E-state index in [1.54, 1.807) is 0 Å². The SMILES string of the molecule is CCCCCCCC/C=C/C/C=C/C/C=C/CCCC(=O)OC[C@H](COP(=O)(O)OCCN)OC(=O)CCCCC/C=C/CCCCCCCC. The molecule has 0 radical (unpaired) electrons. The lowest BCUT2D eigenvalue weighted by Crippen LogP contribution is -2.29. The van der Waals surface area contributed by atoms with Crippen LogP contribution in [0.4, 0.5) is 0 Å². The number of allylic oxidation sites excluding steroid dienone is 8. The second-order valence-corrected chi connectivity index (χ2v) is 14.6. The Hall–Kier alpha value is -2.03. The zero-order valence-electron chi connectivity index (χ0n) is 32.3. The number of ether oxygens (including phenoxy) is 2. The number of carbonyl (C=O) groups is 2. The quantitative estimate of drug-likeness (QED) is 0.0276. The van der Waals surface area contributed by atoms with E-state index >= 15 is 0 Å². The van der Waals surface area contributed by atoms with Crippen molar-refractivity contribution in [2.45, 2.75) is 174 Å². The molecule has 0 rings (SSSR count). The van der Waals surface area contributed by atoms with Gasteiger partial charge in [-0.2, -0.15) is 0 Å². The van der Waals surface area contributed by atoms with E-state index in [0.717, 1.165) is 51.4 Å². The number of carbonyl (C=O) groups excluding carboxylic acids is 2. The molecule has 296 valence electrons. The fraction of sp³-hybridized carbons (Fsp3) is 0.756. The molecule has 0 aromatic heterocycles. The fourth-order valence-electron chi connectivity index (χ4n) is 5.17. The average molecular weight is 740 g/mol. The van der Waals surface area contributed by atoms with Gasteiger partial charge in [-0.25, -0.2) is 4.57 Å². The van der Waals surface area contributed by atoms with Gasteiger partial charge in [0.15, 0.2) is 6.10 Å². The Kier molecular flexibility index (Phi) is 36.2. The summed E-state index contributed by atoms with van der Waals surface area (Å²) in [6, 6.07) is 0. The van der Waals surface area contributed by atoms with Crippen molar-refractivity contribution in [1.82, 2.24) is 0 Å². The van der Waals surface area contributed by atoms with Gasteiger partial charge in [-0.3, -0.25) is 18.6 Å². The van der Waals surface area contributed by atoms with Crippen LogP contribution in [0.1, 0.15) is 168 Å². The lowest BCUT2D eigenvalue weighted by atomic mass is 10.1. The number of phosphoric ester groups is 1. The first-order valence-corrected chi connectivity index (χ1v) is 21.6. The van der Waals surface area contributed by atoms with Gasteiger partial charge in [0.05, 0.1) is 13.2 Å². The third-order valence-electron chi connectivity index (χ3n) is 8.19. The molecule has 0 aromatic carbocycles. The minimum absolute atomic E-state index is 0.0434. The number of nitrogens with two attached hydrogens (primary N) is 1. The monoisotopic (exact) mass is 740 g/mol. The lowest BCUT2D eigenvalue weighted by Gasteiger charge is -2.19. The highest BCUT2D eigenvalue weighted by atomic mass is 31.2. The summed E-state index contributed by atoms with van der Waals surface area (Å²) in [5.41, 5.74) is 5.33. The minimum atomic E-state index is -4.39. The molecule has 0 fully saturated rings. The van der Waals surface area contributed by atoms with Crippen LogP contribution in [0.2, 0.25) is 0 Å².